The van der Waals surface area contributed by atoms with Crippen LogP contribution in [0.4, 0.5) is 5.13 Å². The summed E-state index contributed by atoms with van der Waals surface area (Å²) < 4.78 is 5.18. The van der Waals surface area contributed by atoms with Gasteiger partial charge in [-0.25, -0.2) is 9.78 Å². The van der Waals surface area contributed by atoms with Crippen molar-refractivity contribution in [2.75, 3.05) is 5.32 Å². The van der Waals surface area contributed by atoms with Gasteiger partial charge in [-0.05, 0) is 18.8 Å². The third-order valence-corrected chi connectivity index (χ3v) is 3.71. The van der Waals surface area contributed by atoms with E-state index in [0.29, 0.717) is 23.9 Å². The molecule has 0 saturated carbocycles. The van der Waals surface area contributed by atoms with E-state index < -0.39 is 18.2 Å². The quantitative estimate of drug-likeness (QED) is 0.880. The number of aromatic nitrogens is 1. The minimum atomic E-state index is -1.02. The summed E-state index contributed by atoms with van der Waals surface area (Å²) in [6.45, 7) is 4.05. The molecule has 19 heavy (non-hydrogen) atoms. The Morgan fingerprint density at radius 2 is 2.16 bits per heavy atom. The van der Waals surface area contributed by atoms with Crippen molar-refractivity contribution < 1.29 is 19.4 Å². The molecule has 0 aliphatic carbocycles. The van der Waals surface area contributed by atoms with E-state index in [1.165, 1.54) is 11.3 Å². The topological polar surface area (TPSA) is 88.5 Å². The van der Waals surface area contributed by atoms with Crippen molar-refractivity contribution in [3.63, 3.8) is 0 Å². The smallest absolute Gasteiger partial charge is 0.332 e. The van der Waals surface area contributed by atoms with E-state index in [1.54, 1.807) is 0 Å². The van der Waals surface area contributed by atoms with Crippen LogP contribution < -0.4 is 5.32 Å². The van der Waals surface area contributed by atoms with Gasteiger partial charge in [-0.15, -0.1) is 11.3 Å². The van der Waals surface area contributed by atoms with Crippen LogP contribution in [0.1, 0.15) is 38.3 Å². The monoisotopic (exact) mass is 284 g/mol. The Bertz CT molecular complexity index is 486. The third-order valence-electron chi connectivity index (χ3n) is 2.93. The van der Waals surface area contributed by atoms with Gasteiger partial charge in [0.1, 0.15) is 6.10 Å². The van der Waals surface area contributed by atoms with Crippen LogP contribution in [-0.4, -0.2) is 34.2 Å². The van der Waals surface area contributed by atoms with Crippen molar-refractivity contribution >= 4 is 28.3 Å². The average Bonchev–Trinajstić information content (AvgIpc) is 2.96. The minimum Gasteiger partial charge on any atom is -0.479 e. The van der Waals surface area contributed by atoms with Crippen LogP contribution in [0.5, 0.6) is 0 Å². The molecule has 104 valence electrons. The summed E-state index contributed by atoms with van der Waals surface area (Å²) in [5, 5.41) is 13.9. The van der Waals surface area contributed by atoms with Gasteiger partial charge >= 0.3 is 5.97 Å². The number of aliphatic carboxylic acids is 1. The highest BCUT2D eigenvalue weighted by Crippen LogP contribution is 2.24. The number of hydrogen-bond donors (Lipinski definition) is 2. The number of anilines is 1. The molecule has 1 aromatic rings. The number of carboxylic acids is 1. The number of carboxylic acid groups (broad SMARTS) is 1. The third kappa shape index (κ3) is 3.30. The van der Waals surface area contributed by atoms with Gasteiger partial charge in [-0.1, -0.05) is 13.8 Å². The van der Waals surface area contributed by atoms with Crippen molar-refractivity contribution in [2.45, 2.75) is 44.8 Å². The fraction of sp³-hybridized carbons (Fsp3) is 0.583. The van der Waals surface area contributed by atoms with Crippen molar-refractivity contribution in [3.05, 3.63) is 11.1 Å². The van der Waals surface area contributed by atoms with Crippen LogP contribution >= 0.6 is 11.3 Å². The van der Waals surface area contributed by atoms with E-state index in [-0.39, 0.29) is 5.91 Å². The highest BCUT2D eigenvalue weighted by Gasteiger charge is 2.34. The molecule has 1 amide bonds. The van der Waals surface area contributed by atoms with Gasteiger partial charge in [0.2, 0.25) is 0 Å². The van der Waals surface area contributed by atoms with Crippen LogP contribution in [0.2, 0.25) is 0 Å². The maximum Gasteiger partial charge on any atom is 0.332 e. The summed E-state index contributed by atoms with van der Waals surface area (Å²) in [5.74, 6) is -1.04. The van der Waals surface area contributed by atoms with Gasteiger partial charge in [0.25, 0.3) is 5.91 Å². The lowest BCUT2D eigenvalue weighted by Gasteiger charge is -2.10. The summed E-state index contributed by atoms with van der Waals surface area (Å²) >= 11 is 1.36. The minimum absolute atomic E-state index is 0.307. The van der Waals surface area contributed by atoms with E-state index in [0.717, 1.165) is 5.69 Å². The summed E-state index contributed by atoms with van der Waals surface area (Å²) in [4.78, 5) is 26.9. The largest absolute Gasteiger partial charge is 0.479 e. The molecular weight excluding hydrogens is 268 g/mol. The lowest BCUT2D eigenvalue weighted by Crippen LogP contribution is -2.29. The number of nitrogens with zero attached hydrogens (tertiary/aromatic N) is 1. The number of carbonyl (C=O) groups is 2. The lowest BCUT2D eigenvalue weighted by molar-refractivity contribution is -0.150. The molecule has 7 heteroatoms. The van der Waals surface area contributed by atoms with Crippen LogP contribution in [0, 0.1) is 0 Å². The molecule has 6 nitrogen and oxygen atoms in total. The van der Waals surface area contributed by atoms with Crippen LogP contribution in [0.3, 0.4) is 0 Å². The lowest BCUT2D eigenvalue weighted by atomic mass is 10.2. The fourth-order valence-electron chi connectivity index (χ4n) is 1.81. The van der Waals surface area contributed by atoms with E-state index in [4.69, 9.17) is 9.84 Å². The van der Waals surface area contributed by atoms with Crippen molar-refractivity contribution in [2.24, 2.45) is 0 Å². The zero-order chi connectivity index (χ0) is 14.0. The van der Waals surface area contributed by atoms with Gasteiger partial charge in [0.05, 0.1) is 5.69 Å². The molecule has 0 radical (unpaired) electrons. The van der Waals surface area contributed by atoms with E-state index in [1.807, 2.05) is 19.2 Å². The zero-order valence-electron chi connectivity index (χ0n) is 10.8. The first-order chi connectivity index (χ1) is 8.97. The molecule has 2 N–H and O–H groups in total. The second kappa shape index (κ2) is 5.66. The van der Waals surface area contributed by atoms with E-state index in [2.05, 4.69) is 10.3 Å². The van der Waals surface area contributed by atoms with Crippen molar-refractivity contribution in [3.8, 4) is 0 Å². The normalized spacial score (nSPS) is 22.7. The fourth-order valence-corrected chi connectivity index (χ4v) is 2.68. The molecule has 2 rings (SSSR count). The Hall–Kier alpha value is -1.47. The Balaban J connectivity index is 1.92. The molecule has 0 aromatic carbocycles. The van der Waals surface area contributed by atoms with Gasteiger partial charge in [0.15, 0.2) is 11.2 Å². The molecule has 1 aromatic heterocycles. The number of rotatable bonds is 4. The second-order valence-electron chi connectivity index (χ2n) is 4.75. The highest BCUT2D eigenvalue weighted by atomic mass is 32.1. The Kier molecular flexibility index (Phi) is 4.16. The molecule has 2 unspecified atom stereocenters. The van der Waals surface area contributed by atoms with E-state index >= 15 is 0 Å². The van der Waals surface area contributed by atoms with Crippen LogP contribution in [-0.2, 0) is 14.3 Å². The molecule has 0 spiro atoms. The van der Waals surface area contributed by atoms with Crippen LogP contribution in [0.25, 0.3) is 0 Å². The molecule has 1 fully saturated rings. The first kappa shape index (κ1) is 14.0. The molecule has 1 aliphatic heterocycles. The highest BCUT2D eigenvalue weighted by molar-refractivity contribution is 7.13. The second-order valence-corrected chi connectivity index (χ2v) is 5.61. The molecule has 2 heterocycles. The summed E-state index contributed by atoms with van der Waals surface area (Å²) in [7, 11) is 0. The summed E-state index contributed by atoms with van der Waals surface area (Å²) in [6.07, 6.45) is -0.793. The molecule has 1 saturated heterocycles. The summed E-state index contributed by atoms with van der Waals surface area (Å²) in [6, 6.07) is 0. The first-order valence-corrected chi connectivity index (χ1v) is 7.00. The van der Waals surface area contributed by atoms with E-state index in [9.17, 15) is 9.59 Å². The van der Waals surface area contributed by atoms with Crippen LogP contribution in [0.15, 0.2) is 5.38 Å². The number of ether oxygens (including phenoxy) is 1. The summed E-state index contributed by atoms with van der Waals surface area (Å²) in [5.41, 5.74) is 0.927. The predicted molar refractivity (Wildman–Crippen MR) is 70.4 cm³/mol. The molecule has 0 bridgehead atoms. The van der Waals surface area contributed by atoms with Gasteiger partial charge in [-0.3, -0.25) is 10.1 Å². The average molecular weight is 284 g/mol. The zero-order valence-corrected chi connectivity index (χ0v) is 11.6. The maximum atomic E-state index is 11.9. The SMILES string of the molecule is CC(C)c1csc(NC(=O)C2CCC(C(=O)O)O2)n1. The molecular formula is C12H16N2O4S. The number of amides is 1. The standard InChI is InChI=1S/C12H16N2O4S/c1-6(2)7-5-19-12(13-7)14-10(15)8-3-4-9(18-8)11(16)17/h5-6,8-9H,3-4H2,1-2H3,(H,16,17)(H,13,14,15). The maximum absolute atomic E-state index is 11.9. The molecule has 2 atom stereocenters. The predicted octanol–water partition coefficient (Wildman–Crippen LogP) is 1.84. The Morgan fingerprint density at radius 1 is 1.47 bits per heavy atom. The van der Waals surface area contributed by atoms with Gasteiger partial charge in [-0.2, -0.15) is 0 Å². The number of thiazole rings is 1. The van der Waals surface area contributed by atoms with Crippen molar-refractivity contribution in [1.29, 1.82) is 0 Å². The Labute approximate surface area is 114 Å². The first-order valence-electron chi connectivity index (χ1n) is 6.12. The van der Waals surface area contributed by atoms with Gasteiger partial charge < -0.3 is 9.84 Å². The number of nitrogens with one attached hydrogen (secondary N) is 1. The number of hydrogen-bond acceptors (Lipinski definition) is 5. The van der Waals surface area contributed by atoms with Gasteiger partial charge in [0, 0.05) is 5.38 Å². The molecule has 1 aliphatic rings. The Morgan fingerprint density at radius 3 is 2.68 bits per heavy atom. The van der Waals surface area contributed by atoms with Crippen molar-refractivity contribution in [1.82, 2.24) is 4.98 Å². The number of carbonyl (C=O) groups excluding carboxylic acids is 1.